The van der Waals surface area contributed by atoms with E-state index in [9.17, 15) is 9.90 Å². The second kappa shape index (κ2) is 5.72. The second-order valence-electron chi connectivity index (χ2n) is 5.88. The number of fused-ring (bicyclic) bond motifs is 1. The van der Waals surface area contributed by atoms with E-state index in [1.165, 1.54) is 11.1 Å². The van der Waals surface area contributed by atoms with Gasteiger partial charge in [-0.05, 0) is 48.8 Å². The molecule has 0 amide bonds. The van der Waals surface area contributed by atoms with Crippen LogP contribution in [-0.2, 0) is 23.1 Å². The average molecular weight is 280 g/mol. The molecule has 0 spiro atoms. The van der Waals surface area contributed by atoms with Crippen molar-refractivity contribution >= 4 is 5.97 Å². The van der Waals surface area contributed by atoms with Crippen LogP contribution >= 0.6 is 0 Å². The van der Waals surface area contributed by atoms with Gasteiger partial charge in [-0.1, -0.05) is 54.6 Å². The number of carbonyl (C=O) groups is 1. The van der Waals surface area contributed by atoms with Crippen LogP contribution < -0.4 is 0 Å². The average Bonchev–Trinajstić information content (AvgIpc) is 2.89. The summed E-state index contributed by atoms with van der Waals surface area (Å²) in [5.41, 5.74) is 2.85. The van der Waals surface area contributed by atoms with Gasteiger partial charge in [0.1, 0.15) is 0 Å². The summed E-state index contributed by atoms with van der Waals surface area (Å²) in [7, 11) is 0. The molecule has 1 aliphatic carbocycles. The third-order valence-electron chi connectivity index (χ3n) is 4.68. The van der Waals surface area contributed by atoms with Crippen molar-refractivity contribution in [3.05, 3.63) is 71.3 Å². The van der Waals surface area contributed by atoms with Crippen LogP contribution in [0.1, 0.15) is 36.0 Å². The summed E-state index contributed by atoms with van der Waals surface area (Å²) in [5, 5.41) is 9.81. The van der Waals surface area contributed by atoms with Crippen LogP contribution in [0.3, 0.4) is 0 Å². The summed E-state index contributed by atoms with van der Waals surface area (Å²) < 4.78 is 0. The summed E-state index contributed by atoms with van der Waals surface area (Å²) in [5.74, 6) is -0.666. The predicted octanol–water partition coefficient (Wildman–Crippen LogP) is 3.98. The van der Waals surface area contributed by atoms with Gasteiger partial charge in [0.05, 0.1) is 5.41 Å². The molecule has 1 N–H and O–H groups in total. The van der Waals surface area contributed by atoms with E-state index < -0.39 is 11.4 Å². The van der Waals surface area contributed by atoms with Crippen molar-refractivity contribution in [3.63, 3.8) is 0 Å². The van der Waals surface area contributed by atoms with Crippen LogP contribution in [0.4, 0.5) is 0 Å². The molecule has 3 rings (SSSR count). The van der Waals surface area contributed by atoms with Gasteiger partial charge in [-0.15, -0.1) is 0 Å². The van der Waals surface area contributed by atoms with Crippen LogP contribution in [0, 0.1) is 0 Å². The number of aryl methyl sites for hydroxylation is 2. The van der Waals surface area contributed by atoms with Crippen molar-refractivity contribution in [2.75, 3.05) is 0 Å². The first-order chi connectivity index (χ1) is 10.2. The highest BCUT2D eigenvalue weighted by atomic mass is 16.4. The number of rotatable bonds is 5. The zero-order chi connectivity index (χ0) is 14.7. The van der Waals surface area contributed by atoms with Crippen LogP contribution in [0.15, 0.2) is 54.6 Å². The summed E-state index contributed by atoms with van der Waals surface area (Å²) in [6.45, 7) is 0. The summed E-state index contributed by atoms with van der Waals surface area (Å²) in [4.78, 5) is 11.9. The Hall–Kier alpha value is -2.09. The first-order valence-corrected chi connectivity index (χ1v) is 7.58. The van der Waals surface area contributed by atoms with Crippen LogP contribution in [0.2, 0.25) is 0 Å². The van der Waals surface area contributed by atoms with Crippen molar-refractivity contribution in [2.24, 2.45) is 0 Å². The third-order valence-corrected chi connectivity index (χ3v) is 4.68. The smallest absolute Gasteiger partial charge is 0.314 e. The Kier molecular flexibility index (Phi) is 3.78. The topological polar surface area (TPSA) is 37.3 Å². The SMILES string of the molecule is O=C(O)C1(CCCc2ccccc2)CCc2ccccc21. The minimum Gasteiger partial charge on any atom is -0.481 e. The molecule has 2 aromatic carbocycles. The lowest BCUT2D eigenvalue weighted by Crippen LogP contribution is -2.33. The highest BCUT2D eigenvalue weighted by molar-refractivity contribution is 5.83. The summed E-state index contributed by atoms with van der Waals surface area (Å²) in [6, 6.07) is 18.3. The maximum Gasteiger partial charge on any atom is 0.314 e. The number of carboxylic acids is 1. The second-order valence-corrected chi connectivity index (χ2v) is 5.88. The highest BCUT2D eigenvalue weighted by Gasteiger charge is 2.44. The number of benzene rings is 2. The van der Waals surface area contributed by atoms with E-state index in [1.54, 1.807) is 0 Å². The largest absolute Gasteiger partial charge is 0.481 e. The molecule has 2 nitrogen and oxygen atoms in total. The van der Waals surface area contributed by atoms with Crippen LogP contribution in [-0.4, -0.2) is 11.1 Å². The quantitative estimate of drug-likeness (QED) is 0.899. The van der Waals surface area contributed by atoms with E-state index in [0.29, 0.717) is 6.42 Å². The molecule has 0 saturated heterocycles. The molecular formula is C19H20O2. The zero-order valence-corrected chi connectivity index (χ0v) is 12.1. The van der Waals surface area contributed by atoms with Crippen molar-refractivity contribution in [2.45, 2.75) is 37.5 Å². The molecule has 21 heavy (non-hydrogen) atoms. The molecule has 2 aromatic rings. The molecule has 0 bridgehead atoms. The Bertz CT molecular complexity index is 633. The first-order valence-electron chi connectivity index (χ1n) is 7.58. The van der Waals surface area contributed by atoms with Gasteiger partial charge in [-0.25, -0.2) is 0 Å². The molecule has 0 fully saturated rings. The molecule has 108 valence electrons. The Morgan fingerprint density at radius 3 is 2.52 bits per heavy atom. The lowest BCUT2D eigenvalue weighted by atomic mass is 9.77. The number of carboxylic acid groups (broad SMARTS) is 1. The number of hydrogen-bond donors (Lipinski definition) is 1. The van der Waals surface area contributed by atoms with E-state index in [1.807, 2.05) is 36.4 Å². The normalized spacial score (nSPS) is 20.2. The van der Waals surface area contributed by atoms with Gasteiger partial charge in [0.25, 0.3) is 0 Å². The van der Waals surface area contributed by atoms with Crippen molar-refractivity contribution < 1.29 is 9.90 Å². The number of hydrogen-bond acceptors (Lipinski definition) is 1. The molecule has 0 saturated carbocycles. The van der Waals surface area contributed by atoms with Gasteiger partial charge in [-0.2, -0.15) is 0 Å². The fraction of sp³-hybridized carbons (Fsp3) is 0.316. The van der Waals surface area contributed by atoms with Crippen LogP contribution in [0.5, 0.6) is 0 Å². The maximum atomic E-state index is 11.9. The van der Waals surface area contributed by atoms with E-state index in [2.05, 4.69) is 18.2 Å². The Balaban J connectivity index is 1.76. The highest BCUT2D eigenvalue weighted by Crippen LogP contribution is 2.42. The van der Waals surface area contributed by atoms with Crippen LogP contribution in [0.25, 0.3) is 0 Å². The first kappa shape index (κ1) is 13.9. The van der Waals surface area contributed by atoms with E-state index in [-0.39, 0.29) is 0 Å². The molecule has 1 atom stereocenters. The Morgan fingerprint density at radius 2 is 1.76 bits per heavy atom. The minimum atomic E-state index is -0.675. The van der Waals surface area contributed by atoms with Gasteiger partial charge in [0, 0.05) is 0 Å². The molecule has 1 unspecified atom stereocenters. The fourth-order valence-corrected chi connectivity index (χ4v) is 3.52. The van der Waals surface area contributed by atoms with Gasteiger partial charge in [0.2, 0.25) is 0 Å². The van der Waals surface area contributed by atoms with Crippen molar-refractivity contribution in [1.29, 1.82) is 0 Å². The lowest BCUT2D eigenvalue weighted by Gasteiger charge is -2.25. The molecule has 0 aliphatic heterocycles. The van der Waals surface area contributed by atoms with E-state index in [0.717, 1.165) is 31.2 Å². The molecular weight excluding hydrogens is 260 g/mol. The van der Waals surface area contributed by atoms with Crippen molar-refractivity contribution in [3.8, 4) is 0 Å². The van der Waals surface area contributed by atoms with Gasteiger partial charge < -0.3 is 5.11 Å². The fourth-order valence-electron chi connectivity index (χ4n) is 3.52. The lowest BCUT2D eigenvalue weighted by molar-refractivity contribution is -0.144. The van der Waals surface area contributed by atoms with E-state index >= 15 is 0 Å². The standard InChI is InChI=1S/C19H20O2/c20-18(21)19(13-6-9-15-7-2-1-3-8-15)14-12-16-10-4-5-11-17(16)19/h1-5,7-8,10-11H,6,9,12-14H2,(H,20,21). The minimum absolute atomic E-state index is 0.666. The van der Waals surface area contributed by atoms with Gasteiger partial charge in [0.15, 0.2) is 0 Å². The third kappa shape index (κ3) is 2.58. The Labute approximate surface area is 125 Å². The van der Waals surface area contributed by atoms with Gasteiger partial charge >= 0.3 is 5.97 Å². The van der Waals surface area contributed by atoms with Gasteiger partial charge in [-0.3, -0.25) is 4.79 Å². The monoisotopic (exact) mass is 280 g/mol. The number of aliphatic carboxylic acids is 1. The Morgan fingerprint density at radius 1 is 1.05 bits per heavy atom. The molecule has 0 aromatic heterocycles. The maximum absolute atomic E-state index is 11.9. The van der Waals surface area contributed by atoms with E-state index in [4.69, 9.17) is 0 Å². The molecule has 2 heteroatoms. The zero-order valence-electron chi connectivity index (χ0n) is 12.1. The summed E-state index contributed by atoms with van der Waals surface area (Å²) >= 11 is 0. The molecule has 0 heterocycles. The molecule has 0 radical (unpaired) electrons. The van der Waals surface area contributed by atoms with Crippen molar-refractivity contribution in [1.82, 2.24) is 0 Å². The summed E-state index contributed by atoms with van der Waals surface area (Å²) in [6.07, 6.45) is 4.18. The molecule has 1 aliphatic rings. The predicted molar refractivity (Wildman–Crippen MR) is 83.5 cm³/mol.